The summed E-state index contributed by atoms with van der Waals surface area (Å²) >= 11 is 0. The molecule has 2 atom stereocenters. The second-order valence-electron chi connectivity index (χ2n) is 8.12. The van der Waals surface area contributed by atoms with E-state index in [1.54, 1.807) is 24.5 Å². The Morgan fingerprint density at radius 3 is 2.91 bits per heavy atom. The van der Waals surface area contributed by atoms with Gasteiger partial charge in [0.1, 0.15) is 11.5 Å². The molecule has 32 heavy (non-hydrogen) atoms. The average molecular weight is 433 g/mol. The molecule has 162 valence electrons. The zero-order valence-electron chi connectivity index (χ0n) is 17.0. The number of nitrogens with one attached hydrogen (secondary N) is 2. The van der Waals surface area contributed by atoms with Crippen LogP contribution in [0.4, 0.5) is 16.4 Å². The Morgan fingerprint density at radius 2 is 2.09 bits per heavy atom. The maximum absolute atomic E-state index is 13.3. The number of fused-ring (bicyclic) bond motifs is 1. The number of H-pyrrole nitrogens is 1. The number of aromatic amines is 1. The minimum absolute atomic E-state index is 0.239. The molecule has 0 amide bonds. The Balaban J connectivity index is 1.08. The van der Waals surface area contributed by atoms with Crippen molar-refractivity contribution in [3.05, 3.63) is 59.8 Å². The van der Waals surface area contributed by atoms with Crippen LogP contribution >= 0.6 is 0 Å². The summed E-state index contributed by atoms with van der Waals surface area (Å²) in [6.45, 7) is 2.30. The van der Waals surface area contributed by atoms with Crippen molar-refractivity contribution < 1.29 is 8.81 Å². The molecule has 6 rings (SSSR count). The quantitative estimate of drug-likeness (QED) is 0.452. The Hall–Kier alpha value is -3.89. The van der Waals surface area contributed by atoms with Gasteiger partial charge in [0.15, 0.2) is 0 Å². The van der Waals surface area contributed by atoms with Crippen LogP contribution in [0.2, 0.25) is 0 Å². The first-order chi connectivity index (χ1) is 15.7. The van der Waals surface area contributed by atoms with Gasteiger partial charge in [-0.15, -0.1) is 5.10 Å². The third-order valence-electron chi connectivity index (χ3n) is 6.11. The highest BCUT2D eigenvalue weighted by Gasteiger charge is 2.58. The first-order valence-corrected chi connectivity index (χ1v) is 10.5. The fraction of sp³-hybridized carbons (Fsp3) is 0.333. The molecular formula is C21H20FN9O. The lowest BCUT2D eigenvalue weighted by Gasteiger charge is -2.15. The molecule has 3 aromatic heterocycles. The molecule has 2 aliphatic rings. The van der Waals surface area contributed by atoms with Crippen LogP contribution < -0.4 is 10.2 Å². The van der Waals surface area contributed by atoms with Gasteiger partial charge in [-0.1, -0.05) is 17.2 Å². The van der Waals surface area contributed by atoms with Crippen molar-refractivity contribution in [1.29, 1.82) is 0 Å². The van der Waals surface area contributed by atoms with Gasteiger partial charge < -0.3 is 14.6 Å². The number of halogens is 1. The number of anilines is 2. The molecular weight excluding hydrogens is 413 g/mol. The summed E-state index contributed by atoms with van der Waals surface area (Å²) < 4.78 is 19.2. The molecule has 1 aliphatic heterocycles. The van der Waals surface area contributed by atoms with Crippen molar-refractivity contribution in [3.8, 4) is 11.6 Å². The Morgan fingerprint density at radius 1 is 1.19 bits per heavy atom. The number of benzene rings is 1. The third kappa shape index (κ3) is 3.55. The van der Waals surface area contributed by atoms with E-state index in [9.17, 15) is 4.39 Å². The molecule has 4 heterocycles. The molecule has 2 fully saturated rings. The van der Waals surface area contributed by atoms with Crippen LogP contribution in [-0.4, -0.2) is 55.2 Å². The summed E-state index contributed by atoms with van der Waals surface area (Å²) in [4.78, 5) is 10.8. The van der Waals surface area contributed by atoms with E-state index in [4.69, 9.17) is 4.42 Å². The normalized spacial score (nSPS) is 21.5. The van der Waals surface area contributed by atoms with E-state index in [1.807, 2.05) is 6.07 Å². The first-order valence-electron chi connectivity index (χ1n) is 10.5. The topological polar surface area (TPSA) is 122 Å². The summed E-state index contributed by atoms with van der Waals surface area (Å²) in [6.07, 6.45) is 4.10. The van der Waals surface area contributed by atoms with Crippen LogP contribution in [0.15, 0.2) is 47.1 Å². The Kier molecular flexibility index (Phi) is 4.51. The smallest absolute Gasteiger partial charge is 0.318 e. The molecule has 1 saturated heterocycles. The van der Waals surface area contributed by atoms with Crippen molar-refractivity contribution in [3.63, 3.8) is 0 Å². The van der Waals surface area contributed by atoms with Gasteiger partial charge in [0.05, 0.1) is 11.9 Å². The van der Waals surface area contributed by atoms with E-state index in [0.717, 1.165) is 24.3 Å². The molecule has 0 radical (unpaired) electrons. The molecule has 1 aromatic carbocycles. The van der Waals surface area contributed by atoms with E-state index in [-0.39, 0.29) is 5.82 Å². The van der Waals surface area contributed by atoms with E-state index in [2.05, 4.69) is 45.8 Å². The number of aromatic nitrogens is 7. The van der Waals surface area contributed by atoms with Crippen molar-refractivity contribution in [2.45, 2.75) is 12.3 Å². The van der Waals surface area contributed by atoms with Gasteiger partial charge in [0.2, 0.25) is 5.95 Å². The van der Waals surface area contributed by atoms with Gasteiger partial charge in [0.25, 0.3) is 5.89 Å². The fourth-order valence-corrected chi connectivity index (χ4v) is 4.51. The molecule has 4 aromatic rings. The maximum atomic E-state index is 13.3. The van der Waals surface area contributed by atoms with Crippen LogP contribution in [0.1, 0.15) is 17.2 Å². The predicted molar refractivity (Wildman–Crippen MR) is 112 cm³/mol. The van der Waals surface area contributed by atoms with E-state index in [1.165, 1.54) is 12.1 Å². The number of piperidine rings is 1. The fourth-order valence-electron chi connectivity index (χ4n) is 4.51. The highest BCUT2D eigenvalue weighted by molar-refractivity contribution is 5.50. The first kappa shape index (κ1) is 18.8. The zero-order chi connectivity index (χ0) is 21.5. The van der Waals surface area contributed by atoms with E-state index < -0.39 is 0 Å². The summed E-state index contributed by atoms with van der Waals surface area (Å²) in [5.41, 5.74) is 2.49. The van der Waals surface area contributed by atoms with Crippen LogP contribution in [0.25, 0.3) is 11.6 Å². The van der Waals surface area contributed by atoms with Gasteiger partial charge in [-0.25, -0.2) is 14.4 Å². The Bertz CT molecular complexity index is 1220. The van der Waals surface area contributed by atoms with Crippen molar-refractivity contribution >= 4 is 12.0 Å². The highest BCUT2D eigenvalue weighted by Crippen LogP contribution is 2.58. The molecule has 10 nitrogen and oxygen atoms in total. The molecule has 1 aliphatic carbocycles. The predicted octanol–water partition coefficient (Wildman–Crippen LogP) is 2.29. The monoisotopic (exact) mass is 433 g/mol. The van der Waals surface area contributed by atoms with Crippen LogP contribution in [0.3, 0.4) is 0 Å². The van der Waals surface area contributed by atoms with E-state index >= 15 is 0 Å². The van der Waals surface area contributed by atoms with Gasteiger partial charge in [0, 0.05) is 31.7 Å². The second-order valence-corrected chi connectivity index (χ2v) is 8.12. The number of hydrogen-bond donors (Lipinski definition) is 2. The lowest BCUT2D eigenvalue weighted by Crippen LogP contribution is -2.23. The highest BCUT2D eigenvalue weighted by atomic mass is 19.1. The standard InChI is InChI=1S/C21H20FN9O/c22-13-3-1-2-12(8-13)4-6-23-20-24-7-5-16(26-20)19-28-29-21(32-19)31-10-14-15(11-31)18(14)17-9-25-30-27-17/h1-3,5,7-9,14-15,18H,4,6,10-11H2,(H,23,24,26)(H,25,27,30). The minimum atomic E-state index is -0.239. The SMILES string of the molecule is Fc1cccc(CCNc2nccc(-c3nnc(N4CC5C(C4)C5c4cn[nH]n4)o3)n2)c1. The minimum Gasteiger partial charge on any atom is -0.402 e. The average Bonchev–Trinajstić information content (AvgIpc) is 3.34. The third-order valence-corrected chi connectivity index (χ3v) is 6.11. The molecule has 0 spiro atoms. The molecule has 0 bridgehead atoms. The van der Waals surface area contributed by atoms with Crippen LogP contribution in [0.5, 0.6) is 0 Å². The zero-order valence-corrected chi connectivity index (χ0v) is 17.0. The van der Waals surface area contributed by atoms with Crippen LogP contribution in [-0.2, 0) is 6.42 Å². The Labute approximate surface area is 182 Å². The summed E-state index contributed by atoms with van der Waals surface area (Å²) in [7, 11) is 0. The van der Waals surface area contributed by atoms with Gasteiger partial charge in [-0.05, 0) is 42.0 Å². The summed E-state index contributed by atoms with van der Waals surface area (Å²) in [6, 6.07) is 8.78. The number of hydrogen-bond acceptors (Lipinski definition) is 9. The van der Waals surface area contributed by atoms with Gasteiger partial charge in [-0.3, -0.25) is 0 Å². The molecule has 1 saturated carbocycles. The maximum Gasteiger partial charge on any atom is 0.318 e. The van der Waals surface area contributed by atoms with Crippen molar-refractivity contribution in [1.82, 2.24) is 35.6 Å². The number of nitrogens with zero attached hydrogens (tertiary/aromatic N) is 7. The van der Waals surface area contributed by atoms with Crippen molar-refractivity contribution in [2.75, 3.05) is 29.9 Å². The van der Waals surface area contributed by atoms with Gasteiger partial charge in [-0.2, -0.15) is 15.4 Å². The largest absolute Gasteiger partial charge is 0.402 e. The summed E-state index contributed by atoms with van der Waals surface area (Å²) in [5.74, 6) is 2.12. The second kappa shape index (κ2) is 7.66. The molecule has 2 unspecified atom stereocenters. The van der Waals surface area contributed by atoms with Crippen LogP contribution in [0, 0.1) is 17.7 Å². The lowest BCUT2D eigenvalue weighted by atomic mass is 10.1. The van der Waals surface area contributed by atoms with Crippen molar-refractivity contribution in [2.24, 2.45) is 11.8 Å². The number of rotatable bonds is 7. The molecule has 11 heteroatoms. The van der Waals surface area contributed by atoms with E-state index in [0.29, 0.717) is 54.3 Å². The molecule has 2 N–H and O–H groups in total. The lowest BCUT2D eigenvalue weighted by molar-refractivity contribution is 0.542. The summed E-state index contributed by atoms with van der Waals surface area (Å²) in [5, 5.41) is 22.3. The van der Waals surface area contributed by atoms with Gasteiger partial charge >= 0.3 is 6.01 Å².